The van der Waals surface area contributed by atoms with E-state index in [2.05, 4.69) is 10.4 Å². The van der Waals surface area contributed by atoms with Crippen molar-refractivity contribution in [1.29, 1.82) is 0 Å². The molecular formula is C10H13N3O3. The Balaban J connectivity index is 2.10. The number of aromatic nitrogens is 2. The molecule has 2 N–H and O–H groups in total. The molecule has 86 valence electrons. The number of aryl methyl sites for hydroxylation is 1. The first-order valence-corrected chi connectivity index (χ1v) is 5.08. The number of carboxylic acid groups (broad SMARTS) is 1. The van der Waals surface area contributed by atoms with Crippen molar-refractivity contribution in [3.63, 3.8) is 0 Å². The predicted molar refractivity (Wildman–Crippen MR) is 54.9 cm³/mol. The predicted octanol–water partition coefficient (Wildman–Crippen LogP) is 0.157. The Morgan fingerprint density at radius 2 is 2.25 bits per heavy atom. The van der Waals surface area contributed by atoms with Gasteiger partial charge in [0.05, 0.1) is 11.8 Å². The van der Waals surface area contributed by atoms with Gasteiger partial charge in [-0.05, 0) is 19.3 Å². The van der Waals surface area contributed by atoms with Crippen molar-refractivity contribution >= 4 is 11.9 Å². The molecule has 1 aliphatic rings. The lowest BCUT2D eigenvalue weighted by atomic mass is 9.76. The van der Waals surface area contributed by atoms with Crippen molar-refractivity contribution in [2.45, 2.75) is 24.8 Å². The normalized spacial score (nSPS) is 17.6. The van der Waals surface area contributed by atoms with Crippen LogP contribution in [-0.4, -0.2) is 32.3 Å². The van der Waals surface area contributed by atoms with Crippen LogP contribution in [0.15, 0.2) is 12.4 Å². The molecule has 0 radical (unpaired) electrons. The smallest absolute Gasteiger partial charge is 0.329 e. The monoisotopic (exact) mass is 223 g/mol. The Morgan fingerprint density at radius 1 is 1.56 bits per heavy atom. The molecule has 0 atom stereocenters. The van der Waals surface area contributed by atoms with Gasteiger partial charge in [0.1, 0.15) is 5.54 Å². The molecule has 0 saturated heterocycles. The number of carbonyl (C=O) groups is 2. The fourth-order valence-electron chi connectivity index (χ4n) is 1.75. The number of nitrogens with zero attached hydrogens (tertiary/aromatic N) is 2. The van der Waals surface area contributed by atoms with E-state index in [1.54, 1.807) is 13.2 Å². The van der Waals surface area contributed by atoms with Crippen LogP contribution in [0.2, 0.25) is 0 Å². The molecule has 1 saturated carbocycles. The fraction of sp³-hybridized carbons (Fsp3) is 0.500. The van der Waals surface area contributed by atoms with Gasteiger partial charge in [0, 0.05) is 13.2 Å². The number of hydrogen-bond donors (Lipinski definition) is 2. The van der Waals surface area contributed by atoms with Crippen LogP contribution in [0.5, 0.6) is 0 Å². The van der Waals surface area contributed by atoms with Crippen LogP contribution in [0.1, 0.15) is 29.6 Å². The molecule has 0 aromatic carbocycles. The zero-order chi connectivity index (χ0) is 11.8. The van der Waals surface area contributed by atoms with Crippen LogP contribution < -0.4 is 5.32 Å². The lowest BCUT2D eigenvalue weighted by Gasteiger charge is -2.38. The van der Waals surface area contributed by atoms with E-state index in [0.717, 1.165) is 6.42 Å². The van der Waals surface area contributed by atoms with E-state index in [4.69, 9.17) is 5.11 Å². The van der Waals surface area contributed by atoms with Gasteiger partial charge < -0.3 is 10.4 Å². The molecule has 1 fully saturated rings. The summed E-state index contributed by atoms with van der Waals surface area (Å²) in [6.07, 6.45) is 4.80. The lowest BCUT2D eigenvalue weighted by molar-refractivity contribution is -0.148. The molecule has 1 aliphatic carbocycles. The maximum Gasteiger partial charge on any atom is 0.329 e. The Kier molecular flexibility index (Phi) is 2.41. The third-order valence-corrected chi connectivity index (χ3v) is 2.94. The summed E-state index contributed by atoms with van der Waals surface area (Å²) in [5.41, 5.74) is -0.678. The Labute approximate surface area is 92.3 Å². The van der Waals surface area contributed by atoms with Crippen molar-refractivity contribution in [3.05, 3.63) is 18.0 Å². The summed E-state index contributed by atoms with van der Waals surface area (Å²) in [5.74, 6) is -1.34. The highest BCUT2D eigenvalue weighted by atomic mass is 16.4. The van der Waals surface area contributed by atoms with Crippen LogP contribution in [0.4, 0.5) is 0 Å². The third-order valence-electron chi connectivity index (χ3n) is 2.94. The summed E-state index contributed by atoms with van der Waals surface area (Å²) in [6.45, 7) is 0. The minimum absolute atomic E-state index is 0.379. The second-order valence-electron chi connectivity index (χ2n) is 4.10. The highest BCUT2D eigenvalue weighted by Crippen LogP contribution is 2.32. The van der Waals surface area contributed by atoms with E-state index in [-0.39, 0.29) is 5.91 Å². The van der Waals surface area contributed by atoms with E-state index in [1.807, 2.05) is 0 Å². The molecular weight excluding hydrogens is 210 g/mol. The van der Waals surface area contributed by atoms with Gasteiger partial charge in [-0.1, -0.05) is 0 Å². The van der Waals surface area contributed by atoms with Crippen LogP contribution in [0.25, 0.3) is 0 Å². The molecule has 1 heterocycles. The first-order chi connectivity index (χ1) is 7.53. The van der Waals surface area contributed by atoms with Gasteiger partial charge in [-0.2, -0.15) is 5.10 Å². The second-order valence-corrected chi connectivity index (χ2v) is 4.10. The molecule has 6 nitrogen and oxygen atoms in total. The third kappa shape index (κ3) is 1.66. The quantitative estimate of drug-likeness (QED) is 0.764. The SMILES string of the molecule is Cn1cc(C(=O)NC2(C(=O)O)CCC2)cn1. The Hall–Kier alpha value is -1.85. The highest BCUT2D eigenvalue weighted by molar-refractivity contribution is 5.97. The van der Waals surface area contributed by atoms with Crippen molar-refractivity contribution in [2.75, 3.05) is 0 Å². The first kappa shape index (κ1) is 10.7. The van der Waals surface area contributed by atoms with E-state index in [0.29, 0.717) is 18.4 Å². The lowest BCUT2D eigenvalue weighted by Crippen LogP contribution is -2.59. The van der Waals surface area contributed by atoms with Crippen LogP contribution in [-0.2, 0) is 11.8 Å². The number of rotatable bonds is 3. The first-order valence-electron chi connectivity index (χ1n) is 5.08. The molecule has 0 aliphatic heterocycles. The van der Waals surface area contributed by atoms with Gasteiger partial charge in [0.2, 0.25) is 0 Å². The minimum Gasteiger partial charge on any atom is -0.480 e. The van der Waals surface area contributed by atoms with Crippen molar-refractivity contribution in [2.24, 2.45) is 7.05 Å². The zero-order valence-electron chi connectivity index (χ0n) is 8.93. The second kappa shape index (κ2) is 3.62. The van der Waals surface area contributed by atoms with Crippen molar-refractivity contribution in [1.82, 2.24) is 15.1 Å². The summed E-state index contributed by atoms with van der Waals surface area (Å²) >= 11 is 0. The number of amides is 1. The Bertz CT molecular complexity index is 434. The summed E-state index contributed by atoms with van der Waals surface area (Å²) in [4.78, 5) is 22.8. The van der Waals surface area contributed by atoms with E-state index in [9.17, 15) is 9.59 Å². The number of carboxylic acids is 1. The van der Waals surface area contributed by atoms with Gasteiger partial charge >= 0.3 is 5.97 Å². The number of nitrogens with one attached hydrogen (secondary N) is 1. The molecule has 1 amide bonds. The molecule has 0 unspecified atom stereocenters. The molecule has 1 aromatic rings. The molecule has 2 rings (SSSR count). The fourth-order valence-corrected chi connectivity index (χ4v) is 1.75. The van der Waals surface area contributed by atoms with Crippen molar-refractivity contribution < 1.29 is 14.7 Å². The van der Waals surface area contributed by atoms with Crippen molar-refractivity contribution in [3.8, 4) is 0 Å². The molecule has 0 bridgehead atoms. The molecule has 0 spiro atoms. The van der Waals surface area contributed by atoms with Gasteiger partial charge in [-0.25, -0.2) is 4.79 Å². The largest absolute Gasteiger partial charge is 0.480 e. The highest BCUT2D eigenvalue weighted by Gasteiger charge is 2.45. The minimum atomic E-state index is -1.06. The summed E-state index contributed by atoms with van der Waals surface area (Å²) in [5, 5.41) is 15.5. The van der Waals surface area contributed by atoms with Gasteiger partial charge in [-0.15, -0.1) is 0 Å². The van der Waals surface area contributed by atoms with Gasteiger partial charge in [0.25, 0.3) is 5.91 Å². The molecule has 6 heteroatoms. The van der Waals surface area contributed by atoms with E-state index < -0.39 is 11.5 Å². The summed E-state index contributed by atoms with van der Waals surface area (Å²) in [7, 11) is 1.70. The van der Waals surface area contributed by atoms with Crippen LogP contribution in [0, 0.1) is 0 Å². The summed E-state index contributed by atoms with van der Waals surface area (Å²) < 4.78 is 1.50. The average Bonchev–Trinajstić information content (AvgIpc) is 2.57. The maximum atomic E-state index is 11.7. The molecule has 16 heavy (non-hydrogen) atoms. The van der Waals surface area contributed by atoms with Gasteiger partial charge in [0.15, 0.2) is 0 Å². The topological polar surface area (TPSA) is 84.2 Å². The summed E-state index contributed by atoms with van der Waals surface area (Å²) in [6, 6.07) is 0. The Morgan fingerprint density at radius 3 is 2.62 bits per heavy atom. The standard InChI is InChI=1S/C10H13N3O3/c1-13-6-7(5-11-13)8(14)12-10(9(15)16)3-2-4-10/h5-6H,2-4H2,1H3,(H,12,14)(H,15,16). The van der Waals surface area contributed by atoms with Crippen LogP contribution >= 0.6 is 0 Å². The number of aliphatic carboxylic acids is 1. The zero-order valence-corrected chi connectivity index (χ0v) is 8.93. The number of hydrogen-bond acceptors (Lipinski definition) is 3. The molecule has 1 aromatic heterocycles. The average molecular weight is 223 g/mol. The van der Waals surface area contributed by atoms with E-state index in [1.165, 1.54) is 10.9 Å². The maximum absolute atomic E-state index is 11.7. The van der Waals surface area contributed by atoms with Crippen LogP contribution in [0.3, 0.4) is 0 Å². The number of carbonyl (C=O) groups excluding carboxylic acids is 1. The van der Waals surface area contributed by atoms with E-state index >= 15 is 0 Å². The van der Waals surface area contributed by atoms with Gasteiger partial charge in [-0.3, -0.25) is 9.48 Å².